The number of carbonyl (C=O) groups is 3. The number of aromatic nitrogens is 1. The quantitative estimate of drug-likeness (QED) is 0.110. The number of carbonyl (C=O) groups excluding carboxylic acids is 3. The van der Waals surface area contributed by atoms with E-state index in [-0.39, 0.29) is 24.5 Å². The predicted molar refractivity (Wildman–Crippen MR) is 187 cm³/mol. The molecule has 0 spiro atoms. The molecule has 0 aliphatic rings. The summed E-state index contributed by atoms with van der Waals surface area (Å²) in [6.45, 7) is 11.4. The van der Waals surface area contributed by atoms with Gasteiger partial charge >= 0.3 is 18.2 Å². The van der Waals surface area contributed by atoms with E-state index in [9.17, 15) is 32.3 Å². The molecule has 0 aliphatic heterocycles. The standard InChI is InChI=1S/C36H46F3N3O7Si/c1-9-47-31(45)26-20-27(25-18-14-11-15-19-25)42(30(44)29(26)40-33(46)48-22-24-16-12-10-13-17-24)21-28(43)41-35(23(2)3,49-50(7)8)32(34(4,5)6)36(37,38)39/h10-20,23,32,50H,9,21-22H2,1-8H3,(H,40,46)(H,41,43). The van der Waals surface area contributed by atoms with Crippen molar-refractivity contribution in [2.24, 2.45) is 17.3 Å². The summed E-state index contributed by atoms with van der Waals surface area (Å²) >= 11 is 0. The van der Waals surface area contributed by atoms with Crippen molar-refractivity contribution in [1.29, 1.82) is 0 Å². The number of hydrogen-bond donors (Lipinski definition) is 2. The average molecular weight is 718 g/mol. The van der Waals surface area contributed by atoms with Crippen LogP contribution in [0, 0.1) is 17.3 Å². The maximum absolute atomic E-state index is 14.9. The van der Waals surface area contributed by atoms with Crippen LogP contribution in [0.3, 0.4) is 0 Å². The van der Waals surface area contributed by atoms with E-state index in [0.717, 1.165) is 4.57 Å². The third-order valence-electron chi connectivity index (χ3n) is 7.85. The minimum atomic E-state index is -4.77. The lowest BCUT2D eigenvalue weighted by Gasteiger charge is -2.51. The van der Waals surface area contributed by atoms with Gasteiger partial charge in [0.15, 0.2) is 9.04 Å². The fraction of sp³-hybridized carbons (Fsp3) is 0.444. The smallest absolute Gasteiger partial charge is 0.412 e. The Balaban J connectivity index is 2.20. The number of halogens is 3. The van der Waals surface area contributed by atoms with Crippen LogP contribution in [0.25, 0.3) is 11.3 Å². The zero-order valence-electron chi connectivity index (χ0n) is 29.6. The molecule has 1 aromatic heterocycles. The van der Waals surface area contributed by atoms with Gasteiger partial charge in [0, 0.05) is 5.92 Å². The van der Waals surface area contributed by atoms with Gasteiger partial charge in [-0.05, 0) is 42.6 Å². The summed E-state index contributed by atoms with van der Waals surface area (Å²) in [5.41, 5.74) is -4.26. The molecule has 10 nitrogen and oxygen atoms in total. The second-order valence-corrected chi connectivity index (χ2v) is 15.8. The zero-order chi connectivity index (χ0) is 37.4. The third kappa shape index (κ3) is 9.84. The van der Waals surface area contributed by atoms with Gasteiger partial charge in [-0.3, -0.25) is 19.5 Å². The van der Waals surface area contributed by atoms with Crippen molar-refractivity contribution in [2.75, 3.05) is 11.9 Å². The Morgan fingerprint density at radius 3 is 2.00 bits per heavy atom. The van der Waals surface area contributed by atoms with Crippen molar-refractivity contribution in [3.63, 3.8) is 0 Å². The molecule has 14 heteroatoms. The van der Waals surface area contributed by atoms with E-state index >= 15 is 0 Å². The summed E-state index contributed by atoms with van der Waals surface area (Å²) < 4.78 is 62.3. The Bertz CT molecular complexity index is 1680. The lowest BCUT2D eigenvalue weighted by molar-refractivity contribution is -0.265. The number of esters is 1. The summed E-state index contributed by atoms with van der Waals surface area (Å²) in [4.78, 5) is 54.4. The molecule has 2 aromatic carbocycles. The maximum Gasteiger partial charge on any atom is 0.412 e. The molecule has 2 amide bonds. The molecule has 2 N–H and O–H groups in total. The molecule has 2 unspecified atom stereocenters. The zero-order valence-corrected chi connectivity index (χ0v) is 30.8. The number of hydrogen-bond acceptors (Lipinski definition) is 7. The lowest BCUT2D eigenvalue weighted by Crippen LogP contribution is -2.67. The van der Waals surface area contributed by atoms with Gasteiger partial charge < -0.3 is 19.2 Å². The van der Waals surface area contributed by atoms with Gasteiger partial charge in [0.2, 0.25) is 5.91 Å². The van der Waals surface area contributed by atoms with Crippen LogP contribution in [0.1, 0.15) is 57.5 Å². The Morgan fingerprint density at radius 2 is 1.50 bits per heavy atom. The first-order valence-electron chi connectivity index (χ1n) is 16.3. The summed E-state index contributed by atoms with van der Waals surface area (Å²) in [6, 6.07) is 18.4. The van der Waals surface area contributed by atoms with Gasteiger partial charge in [0.25, 0.3) is 5.56 Å². The predicted octanol–water partition coefficient (Wildman–Crippen LogP) is 7.13. The first kappa shape index (κ1) is 40.0. The van der Waals surface area contributed by atoms with E-state index in [4.69, 9.17) is 13.9 Å². The van der Waals surface area contributed by atoms with Gasteiger partial charge in [0.1, 0.15) is 30.5 Å². The number of pyridine rings is 1. The molecule has 1 heterocycles. The molecule has 272 valence electrons. The first-order valence-corrected chi connectivity index (χ1v) is 19.1. The number of nitrogens with one attached hydrogen (secondary N) is 2. The van der Waals surface area contributed by atoms with E-state index in [1.165, 1.54) is 26.8 Å². The molecule has 0 radical (unpaired) electrons. The van der Waals surface area contributed by atoms with Crippen molar-refractivity contribution in [3.05, 3.63) is 88.2 Å². The second kappa shape index (κ2) is 16.5. The highest BCUT2D eigenvalue weighted by atomic mass is 28.3. The minimum absolute atomic E-state index is 0.0481. The Morgan fingerprint density at radius 1 is 0.920 bits per heavy atom. The van der Waals surface area contributed by atoms with Gasteiger partial charge in [-0.25, -0.2) is 9.59 Å². The fourth-order valence-corrected chi connectivity index (χ4v) is 7.20. The molecule has 50 heavy (non-hydrogen) atoms. The fourth-order valence-electron chi connectivity index (χ4n) is 5.96. The van der Waals surface area contributed by atoms with Crippen molar-refractivity contribution >= 4 is 32.7 Å². The van der Waals surface area contributed by atoms with Crippen molar-refractivity contribution in [2.45, 2.75) is 79.7 Å². The van der Waals surface area contributed by atoms with E-state index < -0.39 is 74.0 Å². The van der Waals surface area contributed by atoms with Crippen molar-refractivity contribution in [1.82, 2.24) is 9.88 Å². The highest BCUT2D eigenvalue weighted by Crippen LogP contribution is 2.49. The highest BCUT2D eigenvalue weighted by molar-refractivity contribution is 6.48. The Hall–Kier alpha value is -4.43. The SMILES string of the molecule is CCOC(=O)c1cc(-c2ccccc2)n(CC(=O)NC(O[SiH](C)C)(C(C)C)C(C(C)(C)C)C(F)(F)F)c(=O)c1NC(=O)OCc1ccccc1. The van der Waals surface area contributed by atoms with E-state index in [1.54, 1.807) is 94.5 Å². The van der Waals surface area contributed by atoms with Crippen LogP contribution in [-0.2, 0) is 31.8 Å². The largest absolute Gasteiger partial charge is 0.462 e. The lowest BCUT2D eigenvalue weighted by atomic mass is 9.70. The number of ether oxygens (including phenoxy) is 2. The molecule has 2 atom stereocenters. The van der Waals surface area contributed by atoms with Crippen LogP contribution < -0.4 is 16.2 Å². The van der Waals surface area contributed by atoms with E-state index in [2.05, 4.69) is 10.6 Å². The number of alkyl halides is 3. The molecule has 0 fully saturated rings. The number of amides is 2. The van der Waals surface area contributed by atoms with Crippen LogP contribution in [0.2, 0.25) is 13.1 Å². The van der Waals surface area contributed by atoms with Crippen LogP contribution >= 0.6 is 0 Å². The number of rotatable bonds is 13. The molecular weight excluding hydrogens is 671 g/mol. The van der Waals surface area contributed by atoms with Crippen LogP contribution in [0.4, 0.5) is 23.7 Å². The number of benzene rings is 2. The van der Waals surface area contributed by atoms with Crippen LogP contribution in [0.15, 0.2) is 71.5 Å². The number of anilines is 1. The number of nitrogens with zero attached hydrogens (tertiary/aromatic N) is 1. The molecule has 3 rings (SSSR count). The van der Waals surface area contributed by atoms with Crippen molar-refractivity contribution < 1.29 is 41.5 Å². The Labute approximate surface area is 292 Å². The molecular formula is C36H46F3N3O7Si. The van der Waals surface area contributed by atoms with E-state index in [0.29, 0.717) is 11.1 Å². The molecule has 0 bridgehead atoms. The molecule has 0 aliphatic carbocycles. The molecule has 0 saturated heterocycles. The second-order valence-electron chi connectivity index (χ2n) is 13.5. The summed E-state index contributed by atoms with van der Waals surface area (Å²) in [7, 11) is -2.24. The average Bonchev–Trinajstić information content (AvgIpc) is 3.01. The van der Waals surface area contributed by atoms with Gasteiger partial charge in [0.05, 0.1) is 17.9 Å². The van der Waals surface area contributed by atoms with Gasteiger partial charge in [-0.2, -0.15) is 13.2 Å². The topological polar surface area (TPSA) is 125 Å². The van der Waals surface area contributed by atoms with Gasteiger partial charge in [-0.15, -0.1) is 0 Å². The Kier molecular flexibility index (Phi) is 13.2. The third-order valence-corrected chi connectivity index (χ3v) is 8.71. The summed E-state index contributed by atoms with van der Waals surface area (Å²) in [6.07, 6.45) is -5.84. The van der Waals surface area contributed by atoms with Gasteiger partial charge in [-0.1, -0.05) is 95.3 Å². The van der Waals surface area contributed by atoms with E-state index in [1.807, 2.05) is 0 Å². The monoisotopic (exact) mass is 717 g/mol. The van der Waals surface area contributed by atoms with Crippen LogP contribution in [0.5, 0.6) is 0 Å². The minimum Gasteiger partial charge on any atom is -0.462 e. The first-order chi connectivity index (χ1) is 23.3. The van der Waals surface area contributed by atoms with Crippen LogP contribution in [-0.4, -0.2) is 50.1 Å². The maximum atomic E-state index is 14.9. The molecule has 3 aromatic rings. The summed E-state index contributed by atoms with van der Waals surface area (Å²) in [5, 5.41) is 4.91. The van der Waals surface area contributed by atoms with Crippen molar-refractivity contribution in [3.8, 4) is 11.3 Å². The normalized spacial score (nSPS) is 13.8. The molecule has 0 saturated carbocycles. The highest BCUT2D eigenvalue weighted by Gasteiger charge is 2.61. The summed E-state index contributed by atoms with van der Waals surface area (Å²) in [5.74, 6) is -4.86.